The Morgan fingerprint density at radius 3 is 1.18 bits per heavy atom. The lowest BCUT2D eigenvalue weighted by Gasteiger charge is -2.50. The number of imidazole rings is 1. The monoisotopic (exact) mass is 1980 g/mol. The summed E-state index contributed by atoms with van der Waals surface area (Å²) in [7, 11) is 1.50. The number of carboxylic acid groups (broad SMARTS) is 1. The number of phenols is 1. The summed E-state index contributed by atoms with van der Waals surface area (Å²) < 4.78 is 108. The molecule has 37 rings (SSSR count). The number of aromatic hydroxyl groups is 2. The fourth-order valence-corrected chi connectivity index (χ4v) is 18.3. The van der Waals surface area contributed by atoms with Crippen molar-refractivity contribution in [1.29, 1.82) is 0 Å². The molecule has 1 aliphatic carbocycles. The van der Waals surface area contributed by atoms with E-state index in [1.54, 1.807) is 24.3 Å². The smallest absolute Gasteiger partial charge is 0.336 e. The van der Waals surface area contributed by atoms with Crippen LogP contribution in [-0.4, -0.2) is 465 Å². The number of benzene rings is 4. The van der Waals surface area contributed by atoms with Crippen molar-refractivity contribution in [2.75, 3.05) is 65.2 Å². The minimum Gasteiger partial charge on any atom is -0.508 e. The van der Waals surface area contributed by atoms with Crippen LogP contribution in [0.3, 0.4) is 0 Å². The minimum atomic E-state index is -2.39. The number of carbonyl (C=O) groups is 2. The largest absolute Gasteiger partial charge is 0.508 e. The van der Waals surface area contributed by atoms with Crippen LogP contribution in [0.25, 0.3) is 50.3 Å². The zero-order valence-corrected chi connectivity index (χ0v) is 73.1. The number of carboxylic acids is 1. The summed E-state index contributed by atoms with van der Waals surface area (Å²) in [5.41, 5.74) is 1.28. The number of phenolic OH excluding ortho intramolecular Hbond substituents is 1. The molecule has 52 nitrogen and oxygen atoms in total. The van der Waals surface area contributed by atoms with Crippen molar-refractivity contribution in [3.63, 3.8) is 0 Å². The third-order valence-electron chi connectivity index (χ3n) is 25.5. The number of aromatic carboxylic acids is 1. The third-order valence-corrected chi connectivity index (χ3v) is 25.7. The van der Waals surface area contributed by atoms with Crippen LogP contribution >= 0.6 is 12.2 Å². The Bertz CT molecular complexity index is 5350. The molecule has 2 aromatic heterocycles. The number of amides is 1. The van der Waals surface area contributed by atoms with Gasteiger partial charge in [0.15, 0.2) is 66.5 Å². The average molecular weight is 1980 g/mol. The summed E-state index contributed by atoms with van der Waals surface area (Å²) in [6, 6.07) is 18.8. The van der Waals surface area contributed by atoms with Crippen LogP contribution in [0.2, 0.25) is 0 Å². The second-order valence-electron chi connectivity index (χ2n) is 34.2. The molecule has 758 valence electrons. The molecule has 53 heteroatoms. The highest BCUT2D eigenvalue weighted by Gasteiger charge is 2.61. The number of rotatable bonds is 18. The number of aliphatic hydroxyl groups excluding tert-OH is 22. The lowest BCUT2D eigenvalue weighted by molar-refractivity contribution is -0.402. The van der Waals surface area contributed by atoms with Crippen molar-refractivity contribution in [3.8, 4) is 51.1 Å². The lowest BCUT2D eigenvalue weighted by Crippen LogP contribution is -2.69. The molecule has 5 aromatic rings. The third kappa shape index (κ3) is 20.6. The first-order chi connectivity index (χ1) is 66.0. The van der Waals surface area contributed by atoms with Crippen LogP contribution in [0.15, 0.2) is 100 Å². The second-order valence-corrected chi connectivity index (χ2v) is 34.6. The Kier molecular flexibility index (Phi) is 32.2. The number of aryl methyl sites for hydroxylation is 1. The Morgan fingerprint density at radius 1 is 0.435 bits per heavy atom. The van der Waals surface area contributed by atoms with Crippen LogP contribution < -0.4 is 26.1 Å². The van der Waals surface area contributed by atoms with Crippen LogP contribution in [0.4, 0.5) is 5.69 Å². The van der Waals surface area contributed by atoms with Gasteiger partial charge in [0, 0.05) is 72.0 Å². The molecule has 40 atom stereocenters. The standard InChI is InChI=1S/C85H106N6O46S/c1-120-31-7-2-27(3-8-31)37-20-91-48(19-86-37)90-36(75(91)117)12-13-49(100)87-17-40-67-51(101)59(109)77(122-40)132-69-42(21-92)126-81(63(113)55(69)105)136-73-46(25-96)129-84(66(116)58(73)108)135-72-45(24-95)125-80(62(112)54(72)104)131-68-41(18-88-85(138)89-28-4-9-32(35(14-28)76(118)119)50-33-10-5-29(98)15-38(33)121-39-16-30(99)6-11-34(39)50)123-78(60(110)52(68)102)133-70-43(22-93)127-82(64(114)56(70)106)137-74-47(26-97)128-83(65(115)57(74)107)134-71-44(23-94)124-79(130-67)61(111)53(71)103/h2-11,14-16,19-20,40-47,51-74,77-84,92-98,101-117H,12-13,17-18,21-26H2,1H3,(H,87,100)(H,118,119)(H2,88,89,138)/t40-,41-,42-,43-,44-,45-,46-,47-,51-,52-,53-,54-,55-,56-,57-,58-,59-,60-,61-,62-,63-,64-,65-,66-,67-,68-,69-,70-,71-,72-,73-,74-,77-,78-,79-,80-,81-,82-,83-,84-/m1/s1. The number of anilines is 1. The molecule has 28 N–H and O–H groups in total. The van der Waals surface area contributed by atoms with Gasteiger partial charge in [0.05, 0.1) is 64.2 Å². The summed E-state index contributed by atoms with van der Waals surface area (Å²) in [4.78, 5) is 48.6. The van der Waals surface area contributed by atoms with E-state index in [2.05, 4.69) is 25.9 Å². The molecule has 0 saturated carbocycles. The van der Waals surface area contributed by atoms with E-state index in [1.165, 1.54) is 78.5 Å². The Hall–Kier alpha value is -8.52. The molecular formula is C85H106N6O46S. The van der Waals surface area contributed by atoms with Crippen molar-refractivity contribution >= 4 is 51.5 Å². The molecule has 16 bridgehead atoms. The van der Waals surface area contributed by atoms with E-state index in [0.717, 1.165) is 0 Å². The van der Waals surface area contributed by atoms with Crippen molar-refractivity contribution in [1.82, 2.24) is 25.0 Å². The van der Waals surface area contributed by atoms with Crippen LogP contribution in [0, 0.1) is 0 Å². The fourth-order valence-electron chi connectivity index (χ4n) is 18.1. The summed E-state index contributed by atoms with van der Waals surface area (Å²) in [6.07, 6.45) is -84.8. The van der Waals surface area contributed by atoms with E-state index >= 15 is 0 Å². The van der Waals surface area contributed by atoms with E-state index in [-0.39, 0.29) is 68.2 Å². The first-order valence-corrected chi connectivity index (χ1v) is 44.1. The maximum Gasteiger partial charge on any atom is 0.336 e. The Balaban J connectivity index is 0.663. The minimum absolute atomic E-state index is 0.00440. The number of nitrogens with one attached hydrogen (secondary N) is 3. The number of hydrogen-bond donors (Lipinski definition) is 28. The summed E-state index contributed by atoms with van der Waals surface area (Å²) in [5, 5.41) is 297. The summed E-state index contributed by atoms with van der Waals surface area (Å²) in [5.74, 6) is -2.23. The van der Waals surface area contributed by atoms with Crippen LogP contribution in [0.1, 0.15) is 22.5 Å². The number of nitrogens with zero attached hydrogens (tertiary/aromatic N) is 3. The van der Waals surface area contributed by atoms with Crippen molar-refractivity contribution in [2.45, 2.75) is 258 Å². The molecular weight excluding hydrogens is 1870 g/mol. The van der Waals surface area contributed by atoms with E-state index in [0.29, 0.717) is 28.0 Å². The highest BCUT2D eigenvalue weighted by atomic mass is 32.1. The van der Waals surface area contributed by atoms with Gasteiger partial charge in [0.2, 0.25) is 11.8 Å². The number of fused-ring (bicyclic) bond motifs is 3. The Morgan fingerprint density at radius 2 is 0.804 bits per heavy atom. The molecule has 0 spiro atoms. The van der Waals surface area contributed by atoms with Gasteiger partial charge in [-0.25, -0.2) is 9.78 Å². The predicted molar refractivity (Wildman–Crippen MR) is 452 cm³/mol. The van der Waals surface area contributed by atoms with Crippen molar-refractivity contribution in [2.24, 2.45) is 0 Å². The molecule has 1 amide bonds. The van der Waals surface area contributed by atoms with E-state index in [4.69, 9.17) is 97.2 Å². The van der Waals surface area contributed by atoms with Crippen LogP contribution in [0.5, 0.6) is 17.4 Å². The normalized spacial score (nSPS) is 39.4. The van der Waals surface area contributed by atoms with Gasteiger partial charge in [-0.1, -0.05) is 6.07 Å². The number of hydrogen-bond acceptors (Lipinski definition) is 48. The summed E-state index contributed by atoms with van der Waals surface area (Å²) in [6.45, 7) is -8.51. The highest BCUT2D eigenvalue weighted by Crippen LogP contribution is 2.45. The number of ether oxygens (including phenoxy) is 17. The molecule has 138 heavy (non-hydrogen) atoms. The number of thiocarbonyl (C=S) groups is 1. The van der Waals surface area contributed by atoms with Gasteiger partial charge < -0.3 is 229 Å². The number of aromatic nitrogens is 3. The molecule has 3 aromatic carbocycles. The van der Waals surface area contributed by atoms with E-state index in [9.17, 15) is 142 Å². The zero-order valence-electron chi connectivity index (χ0n) is 72.3. The van der Waals surface area contributed by atoms with Gasteiger partial charge in [-0.2, -0.15) is 0 Å². The second kappa shape index (κ2) is 43.3. The maximum atomic E-state index is 14.0. The molecule has 33 heterocycles. The first-order valence-electron chi connectivity index (χ1n) is 43.7. The summed E-state index contributed by atoms with van der Waals surface area (Å²) >= 11 is 5.68. The maximum absolute atomic E-state index is 14.0. The van der Waals surface area contributed by atoms with Gasteiger partial charge in [-0.05, 0) is 78.4 Å². The van der Waals surface area contributed by atoms with Crippen molar-refractivity contribution < 1.29 is 222 Å². The Labute approximate surface area is 783 Å². The van der Waals surface area contributed by atoms with E-state index in [1.807, 2.05) is 0 Å². The first kappa shape index (κ1) is 102. The zero-order chi connectivity index (χ0) is 98.6. The van der Waals surface area contributed by atoms with E-state index < -0.39 is 322 Å². The SMILES string of the molecule is COc1ccc(-c2cn3c(O)c(CCC(=O)NC[C@H]4O[C@@H]5O[C@H]6[C@H](O)[C@@H](O)[C@@H](O[C@H]7[C@H](O)[C@@H](O)[C@@H](O[C@H]8[C@H](O)[C@@H](O)[C@@H](O[C@H]9[C@H](O)[C@@H](O)[C@@H](O[C@H]%10[C@H](O)[C@@H](O)[C@@H](O[C@H]%11[C@H](O)[C@@H](O)[C@@H](O[C@H]%12[C@H](O)[C@@H](O)[C@@H](O[C@H]4[C@H](O)[C@H]5O)O[C@@H]%12CO)O[C@@H]%11CO)O[C@@H]%10CO)O[C@@H]9CNC(=S)Nc4ccc(-c5c9ccc(=O)cc-9oc9cc(O)ccc59)c(C(=O)O)c4)O[C@@H]8CO)O[C@@H]7CO)O[C@@H]6CO)nc3cn2)cc1. The van der Waals surface area contributed by atoms with Crippen molar-refractivity contribution in [3.05, 3.63) is 113 Å². The quantitative estimate of drug-likeness (QED) is 0.0280. The number of aliphatic hydroxyl groups is 22. The molecule has 30 fully saturated rings. The molecule has 31 aliphatic heterocycles. The average Bonchev–Trinajstić information content (AvgIpc) is 1.03. The highest BCUT2D eigenvalue weighted by molar-refractivity contribution is 7.80. The molecule has 0 radical (unpaired) electrons. The van der Waals surface area contributed by atoms with Gasteiger partial charge >= 0.3 is 5.97 Å². The fraction of sp³-hybridized carbons (Fsp3) is 0.600. The lowest BCUT2D eigenvalue weighted by atomic mass is 9.90. The number of methoxy groups -OCH3 is 1. The predicted octanol–water partition coefficient (Wildman–Crippen LogP) is -10.9. The van der Waals surface area contributed by atoms with Crippen LogP contribution in [-0.2, 0) is 87.0 Å². The number of carbonyl (C=O) groups excluding carboxylic acids is 1. The topological polar surface area (TPSA) is 793 Å². The van der Waals surface area contributed by atoms with Gasteiger partial charge in [-0.3, -0.25) is 19.0 Å². The van der Waals surface area contributed by atoms with Gasteiger partial charge in [0.1, 0.15) is 224 Å². The molecule has 32 aliphatic rings. The molecule has 30 saturated heterocycles. The molecule has 0 unspecified atom stereocenters. The van der Waals surface area contributed by atoms with Gasteiger partial charge in [-0.15, -0.1) is 0 Å². The van der Waals surface area contributed by atoms with Gasteiger partial charge in [0.25, 0.3) is 0 Å².